The first-order valence-corrected chi connectivity index (χ1v) is 5.64. The Morgan fingerprint density at radius 3 is 2.81 bits per heavy atom. The Hall–Kier alpha value is -1.05. The Labute approximate surface area is 97.0 Å². The van der Waals surface area contributed by atoms with Crippen molar-refractivity contribution < 1.29 is 9.90 Å². The van der Waals surface area contributed by atoms with Crippen LogP contribution in [0.2, 0.25) is 0 Å². The maximum absolute atomic E-state index is 11.6. The van der Waals surface area contributed by atoms with E-state index in [-0.39, 0.29) is 24.6 Å². The van der Waals surface area contributed by atoms with Gasteiger partial charge in [0.05, 0.1) is 18.7 Å². The number of carbonyl (C=O) groups is 1. The lowest BCUT2D eigenvalue weighted by atomic mass is 9.82. The quantitative estimate of drug-likeness (QED) is 0.637. The predicted molar refractivity (Wildman–Crippen MR) is 62.7 cm³/mol. The van der Waals surface area contributed by atoms with Gasteiger partial charge in [-0.25, -0.2) is 0 Å². The van der Waals surface area contributed by atoms with Crippen LogP contribution in [0.15, 0.2) is 0 Å². The number of hydrogen-bond acceptors (Lipinski definition) is 3. The zero-order valence-corrected chi connectivity index (χ0v) is 9.94. The van der Waals surface area contributed by atoms with Gasteiger partial charge in [-0.05, 0) is 32.7 Å². The van der Waals surface area contributed by atoms with Crippen molar-refractivity contribution in [1.82, 2.24) is 10.2 Å². The molecule has 90 valence electrons. The van der Waals surface area contributed by atoms with Gasteiger partial charge in [-0.2, -0.15) is 0 Å². The van der Waals surface area contributed by atoms with Gasteiger partial charge in [-0.3, -0.25) is 9.69 Å². The fourth-order valence-electron chi connectivity index (χ4n) is 1.90. The number of rotatable bonds is 5. The van der Waals surface area contributed by atoms with E-state index in [0.29, 0.717) is 5.92 Å². The average Bonchev–Trinajstić information content (AvgIpc) is 2.22. The number of likely N-dealkylation sites (N-methyl/N-ethyl adjacent to an activating group) is 1. The first kappa shape index (κ1) is 13.0. The standard InChI is InChI=1S/C12H20N2O2/c1-4-5-13-12(16)9(2)14(3)8-10-6-11(15)7-10/h1,9-11,15H,5-8H2,2-3H3,(H,13,16). The van der Waals surface area contributed by atoms with Crippen molar-refractivity contribution in [3.63, 3.8) is 0 Å². The van der Waals surface area contributed by atoms with Gasteiger partial charge in [0.25, 0.3) is 0 Å². The second kappa shape index (κ2) is 5.88. The first-order chi connectivity index (χ1) is 7.54. The summed E-state index contributed by atoms with van der Waals surface area (Å²) < 4.78 is 0. The van der Waals surface area contributed by atoms with Crippen LogP contribution >= 0.6 is 0 Å². The minimum atomic E-state index is -0.175. The van der Waals surface area contributed by atoms with Gasteiger partial charge in [0, 0.05) is 6.54 Å². The monoisotopic (exact) mass is 224 g/mol. The Balaban J connectivity index is 2.27. The van der Waals surface area contributed by atoms with Crippen LogP contribution in [-0.4, -0.2) is 48.2 Å². The Kier molecular flexibility index (Phi) is 4.78. The normalized spacial score (nSPS) is 25.7. The van der Waals surface area contributed by atoms with Crippen LogP contribution < -0.4 is 5.32 Å². The van der Waals surface area contributed by atoms with E-state index in [9.17, 15) is 9.90 Å². The van der Waals surface area contributed by atoms with E-state index in [1.807, 2.05) is 18.9 Å². The van der Waals surface area contributed by atoms with E-state index >= 15 is 0 Å². The van der Waals surface area contributed by atoms with E-state index in [4.69, 9.17) is 6.42 Å². The molecule has 1 rings (SSSR count). The van der Waals surface area contributed by atoms with Crippen LogP contribution in [0.3, 0.4) is 0 Å². The van der Waals surface area contributed by atoms with Crippen molar-refractivity contribution in [2.24, 2.45) is 5.92 Å². The Morgan fingerprint density at radius 2 is 2.31 bits per heavy atom. The molecule has 16 heavy (non-hydrogen) atoms. The highest BCUT2D eigenvalue weighted by molar-refractivity contribution is 5.81. The molecule has 0 heterocycles. The smallest absolute Gasteiger partial charge is 0.237 e. The van der Waals surface area contributed by atoms with Gasteiger partial charge in [0.1, 0.15) is 0 Å². The lowest BCUT2D eigenvalue weighted by Gasteiger charge is -2.36. The molecule has 0 aliphatic heterocycles. The zero-order valence-electron chi connectivity index (χ0n) is 9.94. The number of carbonyl (C=O) groups excluding carboxylic acids is 1. The molecule has 0 radical (unpaired) electrons. The summed E-state index contributed by atoms with van der Waals surface area (Å²) >= 11 is 0. The highest BCUT2D eigenvalue weighted by Gasteiger charge is 2.30. The predicted octanol–water partition coefficient (Wildman–Crippen LogP) is -0.173. The van der Waals surface area contributed by atoms with Crippen molar-refractivity contribution in [1.29, 1.82) is 0 Å². The topological polar surface area (TPSA) is 52.6 Å². The summed E-state index contributed by atoms with van der Waals surface area (Å²) in [6, 6.07) is -0.175. The number of nitrogens with zero attached hydrogens (tertiary/aromatic N) is 1. The molecule has 1 saturated carbocycles. The molecular formula is C12H20N2O2. The summed E-state index contributed by atoms with van der Waals surface area (Å²) in [7, 11) is 1.92. The highest BCUT2D eigenvalue weighted by Crippen LogP contribution is 2.27. The zero-order chi connectivity index (χ0) is 12.1. The maximum Gasteiger partial charge on any atom is 0.237 e. The molecule has 1 atom stereocenters. The minimum absolute atomic E-state index is 0.0414. The van der Waals surface area contributed by atoms with E-state index < -0.39 is 0 Å². The van der Waals surface area contributed by atoms with Crippen molar-refractivity contribution in [3.05, 3.63) is 0 Å². The van der Waals surface area contributed by atoms with E-state index in [2.05, 4.69) is 11.2 Å². The third kappa shape index (κ3) is 3.51. The fraction of sp³-hybridized carbons (Fsp3) is 0.750. The third-order valence-corrected chi connectivity index (χ3v) is 3.16. The number of aliphatic hydroxyl groups is 1. The molecule has 0 spiro atoms. The number of nitrogens with one attached hydrogen (secondary N) is 1. The summed E-state index contributed by atoms with van der Waals surface area (Å²) in [5.41, 5.74) is 0. The molecule has 2 N–H and O–H groups in total. The van der Waals surface area contributed by atoms with E-state index in [0.717, 1.165) is 19.4 Å². The van der Waals surface area contributed by atoms with Gasteiger partial charge < -0.3 is 10.4 Å². The molecule has 4 nitrogen and oxygen atoms in total. The molecule has 1 fully saturated rings. The molecule has 0 aromatic carbocycles. The minimum Gasteiger partial charge on any atom is -0.393 e. The molecule has 1 amide bonds. The summed E-state index contributed by atoms with van der Waals surface area (Å²) in [5, 5.41) is 11.8. The van der Waals surface area contributed by atoms with Gasteiger partial charge in [0.2, 0.25) is 5.91 Å². The van der Waals surface area contributed by atoms with Crippen LogP contribution in [0.25, 0.3) is 0 Å². The summed E-state index contributed by atoms with van der Waals surface area (Å²) in [4.78, 5) is 13.6. The van der Waals surface area contributed by atoms with Crippen LogP contribution in [-0.2, 0) is 4.79 Å². The third-order valence-electron chi connectivity index (χ3n) is 3.16. The lowest BCUT2D eigenvalue weighted by Crippen LogP contribution is -2.47. The van der Waals surface area contributed by atoms with Crippen molar-refractivity contribution in [2.75, 3.05) is 20.1 Å². The van der Waals surface area contributed by atoms with Gasteiger partial charge >= 0.3 is 0 Å². The van der Waals surface area contributed by atoms with E-state index in [1.165, 1.54) is 0 Å². The van der Waals surface area contributed by atoms with Crippen molar-refractivity contribution >= 4 is 5.91 Å². The van der Waals surface area contributed by atoms with E-state index in [1.54, 1.807) is 0 Å². The summed E-state index contributed by atoms with van der Waals surface area (Å²) in [6.45, 7) is 2.99. The Morgan fingerprint density at radius 1 is 1.69 bits per heavy atom. The second-order valence-corrected chi connectivity index (χ2v) is 4.53. The van der Waals surface area contributed by atoms with Gasteiger partial charge in [0.15, 0.2) is 0 Å². The largest absolute Gasteiger partial charge is 0.393 e. The first-order valence-electron chi connectivity index (χ1n) is 5.64. The molecule has 1 aliphatic carbocycles. The van der Waals surface area contributed by atoms with Crippen LogP contribution in [0, 0.1) is 18.3 Å². The Bertz CT molecular complexity index is 279. The fourth-order valence-corrected chi connectivity index (χ4v) is 1.90. The highest BCUT2D eigenvalue weighted by atomic mass is 16.3. The summed E-state index contributed by atoms with van der Waals surface area (Å²) in [6.07, 6.45) is 6.64. The number of amides is 1. The number of aliphatic hydroxyl groups excluding tert-OH is 1. The molecule has 1 unspecified atom stereocenters. The SMILES string of the molecule is C#CCNC(=O)C(C)N(C)CC1CC(O)C1. The number of terminal acetylenes is 1. The molecule has 1 aliphatic rings. The lowest BCUT2D eigenvalue weighted by molar-refractivity contribution is -0.125. The second-order valence-electron chi connectivity index (χ2n) is 4.53. The summed E-state index contributed by atoms with van der Waals surface area (Å²) in [5.74, 6) is 2.85. The van der Waals surface area contributed by atoms with Crippen LogP contribution in [0.5, 0.6) is 0 Å². The average molecular weight is 224 g/mol. The van der Waals surface area contributed by atoms with Crippen molar-refractivity contribution in [3.8, 4) is 12.3 Å². The van der Waals surface area contributed by atoms with Gasteiger partial charge in [-0.1, -0.05) is 5.92 Å². The van der Waals surface area contributed by atoms with Crippen LogP contribution in [0.1, 0.15) is 19.8 Å². The molecule has 0 bridgehead atoms. The maximum atomic E-state index is 11.6. The molecule has 0 aromatic heterocycles. The molecule has 0 aromatic rings. The molecule has 0 saturated heterocycles. The number of hydrogen-bond donors (Lipinski definition) is 2. The van der Waals surface area contributed by atoms with Gasteiger partial charge in [-0.15, -0.1) is 6.42 Å². The van der Waals surface area contributed by atoms with Crippen molar-refractivity contribution in [2.45, 2.75) is 31.9 Å². The molecule has 4 heteroatoms. The van der Waals surface area contributed by atoms with Crippen LogP contribution in [0.4, 0.5) is 0 Å². The molecular weight excluding hydrogens is 204 g/mol.